The van der Waals surface area contributed by atoms with E-state index in [9.17, 15) is 4.79 Å². The lowest BCUT2D eigenvalue weighted by atomic mass is 10.0. The van der Waals surface area contributed by atoms with E-state index in [1.807, 2.05) is 85.8 Å². The van der Waals surface area contributed by atoms with E-state index in [0.717, 1.165) is 28.9 Å². The van der Waals surface area contributed by atoms with Gasteiger partial charge in [-0.2, -0.15) is 0 Å². The molecule has 0 aromatic heterocycles. The monoisotopic (exact) mass is 316 g/mol. The van der Waals surface area contributed by atoms with E-state index in [2.05, 4.69) is 10.6 Å². The molecule has 0 radical (unpaired) electrons. The Morgan fingerprint density at radius 1 is 0.792 bits per heavy atom. The number of hydrogen-bond acceptors (Lipinski definition) is 3. The quantitative estimate of drug-likeness (QED) is 0.622. The van der Waals surface area contributed by atoms with Crippen molar-refractivity contribution in [3.63, 3.8) is 0 Å². The Bertz CT molecular complexity index is 798. The summed E-state index contributed by atoms with van der Waals surface area (Å²) in [5.41, 5.74) is 4.93. The number of benzene rings is 3. The molecule has 3 aromatic rings. The molecule has 0 spiro atoms. The molecule has 0 saturated carbocycles. The zero-order valence-electron chi connectivity index (χ0n) is 13.6. The van der Waals surface area contributed by atoms with Crippen LogP contribution in [0.4, 0.5) is 17.1 Å². The highest BCUT2D eigenvalue weighted by Gasteiger charge is 2.14. The number of aryl methyl sites for hydroxylation is 1. The minimum atomic E-state index is -0.417. The first-order valence-corrected chi connectivity index (χ1v) is 7.96. The zero-order chi connectivity index (χ0) is 16.8. The summed E-state index contributed by atoms with van der Waals surface area (Å²) in [5.74, 6) is 0. The standard InChI is InChI=1S/C21H20N2O/c1-16-11-13-18(14-12-16)23-21(15-24)19-9-5-6-10-20(19)22-17-7-3-2-4-8-17/h2-15,21-23H,1H3. The Morgan fingerprint density at radius 2 is 1.46 bits per heavy atom. The van der Waals surface area contributed by atoms with Crippen molar-refractivity contribution in [2.24, 2.45) is 0 Å². The first-order valence-electron chi connectivity index (χ1n) is 7.96. The van der Waals surface area contributed by atoms with E-state index < -0.39 is 6.04 Å². The number of carbonyl (C=O) groups excluding carboxylic acids is 1. The smallest absolute Gasteiger partial charge is 0.146 e. The Kier molecular flexibility index (Phi) is 4.92. The number of carbonyl (C=O) groups is 1. The van der Waals surface area contributed by atoms with Crippen molar-refractivity contribution < 1.29 is 4.79 Å². The van der Waals surface area contributed by atoms with Gasteiger partial charge in [-0.25, -0.2) is 0 Å². The van der Waals surface area contributed by atoms with Gasteiger partial charge in [0, 0.05) is 22.6 Å². The number of para-hydroxylation sites is 2. The fourth-order valence-electron chi connectivity index (χ4n) is 2.57. The third-order valence-electron chi connectivity index (χ3n) is 3.86. The highest BCUT2D eigenvalue weighted by atomic mass is 16.1. The topological polar surface area (TPSA) is 41.1 Å². The van der Waals surface area contributed by atoms with E-state index in [4.69, 9.17) is 0 Å². The third kappa shape index (κ3) is 3.82. The van der Waals surface area contributed by atoms with E-state index in [1.165, 1.54) is 5.56 Å². The average molecular weight is 316 g/mol. The molecule has 0 heterocycles. The lowest BCUT2D eigenvalue weighted by Crippen LogP contribution is -2.13. The summed E-state index contributed by atoms with van der Waals surface area (Å²) in [6.45, 7) is 2.04. The van der Waals surface area contributed by atoms with Gasteiger partial charge in [0.05, 0.1) is 0 Å². The molecule has 1 unspecified atom stereocenters. The first-order chi connectivity index (χ1) is 11.8. The molecule has 120 valence electrons. The van der Waals surface area contributed by atoms with Gasteiger partial charge in [0.1, 0.15) is 12.3 Å². The number of hydrogen-bond donors (Lipinski definition) is 2. The van der Waals surface area contributed by atoms with Crippen molar-refractivity contribution in [2.45, 2.75) is 13.0 Å². The van der Waals surface area contributed by atoms with Gasteiger partial charge in [0.25, 0.3) is 0 Å². The summed E-state index contributed by atoms with van der Waals surface area (Å²) in [4.78, 5) is 11.7. The van der Waals surface area contributed by atoms with Crippen LogP contribution in [0.3, 0.4) is 0 Å². The molecule has 3 heteroatoms. The molecule has 0 amide bonds. The lowest BCUT2D eigenvalue weighted by molar-refractivity contribution is -0.108. The molecular weight excluding hydrogens is 296 g/mol. The fourth-order valence-corrected chi connectivity index (χ4v) is 2.57. The molecule has 3 aromatic carbocycles. The maximum atomic E-state index is 11.7. The van der Waals surface area contributed by atoms with Crippen LogP contribution in [0.25, 0.3) is 0 Å². The minimum Gasteiger partial charge on any atom is -0.372 e. The molecule has 24 heavy (non-hydrogen) atoms. The Balaban J connectivity index is 1.86. The van der Waals surface area contributed by atoms with Crippen molar-refractivity contribution in [1.29, 1.82) is 0 Å². The highest BCUT2D eigenvalue weighted by molar-refractivity contribution is 5.74. The van der Waals surface area contributed by atoms with Gasteiger partial charge in [0.15, 0.2) is 0 Å². The molecule has 0 aliphatic heterocycles. The van der Waals surface area contributed by atoms with Gasteiger partial charge in [-0.05, 0) is 37.3 Å². The fraction of sp³-hybridized carbons (Fsp3) is 0.0952. The van der Waals surface area contributed by atoms with Crippen molar-refractivity contribution >= 4 is 23.3 Å². The molecule has 0 saturated heterocycles. The van der Waals surface area contributed by atoms with Gasteiger partial charge < -0.3 is 15.4 Å². The second kappa shape index (κ2) is 7.47. The molecule has 0 fully saturated rings. The van der Waals surface area contributed by atoms with Crippen LogP contribution in [0.15, 0.2) is 78.9 Å². The van der Waals surface area contributed by atoms with Crippen LogP contribution in [0.2, 0.25) is 0 Å². The molecule has 0 aliphatic rings. The number of rotatable bonds is 6. The predicted octanol–water partition coefficient (Wildman–Crippen LogP) is 5.09. The molecule has 1 atom stereocenters. The highest BCUT2D eigenvalue weighted by Crippen LogP contribution is 2.27. The molecule has 2 N–H and O–H groups in total. The summed E-state index contributed by atoms with van der Waals surface area (Å²) in [6.07, 6.45) is 0.936. The van der Waals surface area contributed by atoms with Crippen molar-refractivity contribution in [3.05, 3.63) is 90.0 Å². The molecule has 0 bridgehead atoms. The number of nitrogens with one attached hydrogen (secondary N) is 2. The van der Waals surface area contributed by atoms with Crippen LogP contribution < -0.4 is 10.6 Å². The molecule has 3 nitrogen and oxygen atoms in total. The SMILES string of the molecule is Cc1ccc(NC(C=O)c2ccccc2Nc2ccccc2)cc1. The Labute approximate surface area is 142 Å². The van der Waals surface area contributed by atoms with Crippen molar-refractivity contribution in [2.75, 3.05) is 10.6 Å². The average Bonchev–Trinajstić information content (AvgIpc) is 2.63. The van der Waals surface area contributed by atoms with Crippen LogP contribution in [-0.2, 0) is 4.79 Å². The maximum Gasteiger partial charge on any atom is 0.146 e. The van der Waals surface area contributed by atoms with Gasteiger partial charge in [-0.15, -0.1) is 0 Å². The first kappa shape index (κ1) is 15.8. The Morgan fingerprint density at radius 3 is 2.17 bits per heavy atom. The second-order valence-electron chi connectivity index (χ2n) is 5.70. The normalized spacial score (nSPS) is 11.5. The van der Waals surface area contributed by atoms with Crippen LogP contribution >= 0.6 is 0 Å². The molecule has 3 rings (SSSR count). The summed E-state index contributed by atoms with van der Waals surface area (Å²) >= 11 is 0. The summed E-state index contributed by atoms with van der Waals surface area (Å²) in [6, 6.07) is 25.4. The summed E-state index contributed by atoms with van der Waals surface area (Å²) in [7, 11) is 0. The van der Waals surface area contributed by atoms with Gasteiger partial charge in [-0.3, -0.25) is 0 Å². The summed E-state index contributed by atoms with van der Waals surface area (Å²) < 4.78 is 0. The van der Waals surface area contributed by atoms with Crippen LogP contribution in [0.1, 0.15) is 17.2 Å². The molecular formula is C21H20N2O. The second-order valence-corrected chi connectivity index (χ2v) is 5.70. The zero-order valence-corrected chi connectivity index (χ0v) is 13.6. The number of aldehydes is 1. The largest absolute Gasteiger partial charge is 0.372 e. The summed E-state index contributed by atoms with van der Waals surface area (Å²) in [5, 5.41) is 6.67. The van der Waals surface area contributed by atoms with Crippen LogP contribution in [0.5, 0.6) is 0 Å². The molecule has 0 aliphatic carbocycles. The predicted molar refractivity (Wildman–Crippen MR) is 99.8 cm³/mol. The van der Waals surface area contributed by atoms with E-state index in [0.29, 0.717) is 0 Å². The van der Waals surface area contributed by atoms with Gasteiger partial charge >= 0.3 is 0 Å². The van der Waals surface area contributed by atoms with Crippen molar-refractivity contribution in [1.82, 2.24) is 0 Å². The van der Waals surface area contributed by atoms with Crippen molar-refractivity contribution in [3.8, 4) is 0 Å². The number of anilines is 3. The van der Waals surface area contributed by atoms with E-state index >= 15 is 0 Å². The lowest BCUT2D eigenvalue weighted by Gasteiger charge is -2.19. The van der Waals surface area contributed by atoms with E-state index in [1.54, 1.807) is 0 Å². The maximum absolute atomic E-state index is 11.7. The van der Waals surface area contributed by atoms with Crippen LogP contribution in [0, 0.1) is 6.92 Å². The Hall–Kier alpha value is -3.07. The minimum absolute atomic E-state index is 0.417. The van der Waals surface area contributed by atoms with Gasteiger partial charge in [-0.1, -0.05) is 54.1 Å². The van der Waals surface area contributed by atoms with E-state index in [-0.39, 0.29) is 0 Å². The third-order valence-corrected chi connectivity index (χ3v) is 3.86. The van der Waals surface area contributed by atoms with Gasteiger partial charge in [0.2, 0.25) is 0 Å². The van der Waals surface area contributed by atoms with Crippen LogP contribution in [-0.4, -0.2) is 6.29 Å².